The molecule has 0 aliphatic heterocycles. The summed E-state index contributed by atoms with van der Waals surface area (Å²) in [6, 6.07) is -2.12. The smallest absolute Gasteiger partial charge is 0.408 e. The predicted molar refractivity (Wildman–Crippen MR) is 88.2 cm³/mol. The Hall–Kier alpha value is -1.83. The third-order valence-electron chi connectivity index (χ3n) is 3.40. The first-order chi connectivity index (χ1) is 10.9. The van der Waals surface area contributed by atoms with Crippen molar-refractivity contribution in [2.24, 2.45) is 5.92 Å². The Kier molecular flexibility index (Phi) is 8.74. The highest BCUT2D eigenvalue weighted by molar-refractivity contribution is 5.90. The summed E-state index contributed by atoms with van der Waals surface area (Å²) in [5, 5.41) is 14.6. The molecule has 140 valence electrons. The number of amides is 2. The van der Waals surface area contributed by atoms with Gasteiger partial charge >= 0.3 is 12.1 Å². The van der Waals surface area contributed by atoms with Crippen molar-refractivity contribution >= 4 is 18.0 Å². The molecule has 0 radical (unpaired) electrons. The molecule has 24 heavy (non-hydrogen) atoms. The molecule has 2 amide bonds. The summed E-state index contributed by atoms with van der Waals surface area (Å²) in [5.41, 5.74) is -0.700. The van der Waals surface area contributed by atoms with E-state index in [9.17, 15) is 19.5 Å². The Labute approximate surface area is 143 Å². The van der Waals surface area contributed by atoms with Crippen LogP contribution in [0.15, 0.2) is 0 Å². The molecule has 8 heteroatoms. The van der Waals surface area contributed by atoms with Crippen LogP contribution in [0.25, 0.3) is 0 Å². The zero-order chi connectivity index (χ0) is 19.1. The standard InChI is InChI=1S/C16H30N2O6/c1-8-9(2)11(18-15(22)24-16(4,5)6)13(20)17-12(10(3)19)14(21)23-7/h9-12,19H,8H2,1-7H3,(H,17,20)(H,18,22)/t9-,10+,11-,12-/m0/s1. The lowest BCUT2D eigenvalue weighted by Crippen LogP contribution is -2.57. The Morgan fingerprint density at radius 1 is 1.08 bits per heavy atom. The molecule has 0 aromatic heterocycles. The van der Waals surface area contributed by atoms with Crippen molar-refractivity contribution in [3.63, 3.8) is 0 Å². The average molecular weight is 346 g/mol. The minimum Gasteiger partial charge on any atom is -0.467 e. The fraction of sp³-hybridized carbons (Fsp3) is 0.812. The average Bonchev–Trinajstić information content (AvgIpc) is 2.46. The van der Waals surface area contributed by atoms with Crippen LogP contribution in [0.2, 0.25) is 0 Å². The topological polar surface area (TPSA) is 114 Å². The molecule has 0 saturated carbocycles. The maximum atomic E-state index is 12.5. The van der Waals surface area contributed by atoms with Crippen molar-refractivity contribution in [1.29, 1.82) is 0 Å². The van der Waals surface area contributed by atoms with Gasteiger partial charge in [0.25, 0.3) is 0 Å². The molecule has 0 aromatic carbocycles. The fourth-order valence-corrected chi connectivity index (χ4v) is 1.88. The minimum absolute atomic E-state index is 0.204. The van der Waals surface area contributed by atoms with Crippen molar-refractivity contribution in [3.05, 3.63) is 0 Å². The van der Waals surface area contributed by atoms with Crippen molar-refractivity contribution in [1.82, 2.24) is 10.6 Å². The SMILES string of the molecule is CC[C@H](C)[C@H](NC(=O)OC(C)(C)C)C(=O)N[C@H](C(=O)OC)[C@@H](C)O. The molecule has 4 atom stereocenters. The van der Waals surface area contributed by atoms with Crippen LogP contribution in [0.4, 0.5) is 4.79 Å². The maximum absolute atomic E-state index is 12.5. The molecule has 0 bridgehead atoms. The van der Waals surface area contributed by atoms with Crippen LogP contribution in [0.5, 0.6) is 0 Å². The van der Waals surface area contributed by atoms with E-state index in [0.717, 1.165) is 7.11 Å². The summed E-state index contributed by atoms with van der Waals surface area (Å²) in [6.07, 6.45) is -1.25. The molecular weight excluding hydrogens is 316 g/mol. The zero-order valence-corrected chi connectivity index (χ0v) is 15.5. The van der Waals surface area contributed by atoms with E-state index < -0.39 is 41.8 Å². The number of carbonyl (C=O) groups excluding carboxylic acids is 3. The lowest BCUT2D eigenvalue weighted by Gasteiger charge is -2.28. The van der Waals surface area contributed by atoms with Crippen LogP contribution in [0.3, 0.4) is 0 Å². The molecule has 0 saturated heterocycles. The highest BCUT2D eigenvalue weighted by atomic mass is 16.6. The second kappa shape index (κ2) is 9.46. The van der Waals surface area contributed by atoms with E-state index in [2.05, 4.69) is 15.4 Å². The normalized spacial score (nSPS) is 16.3. The second-order valence-corrected chi connectivity index (χ2v) is 6.76. The third-order valence-corrected chi connectivity index (χ3v) is 3.40. The van der Waals surface area contributed by atoms with Crippen LogP contribution in [0, 0.1) is 5.92 Å². The van der Waals surface area contributed by atoms with E-state index in [1.54, 1.807) is 27.7 Å². The minimum atomic E-state index is -1.21. The number of aliphatic hydroxyl groups is 1. The number of ether oxygens (including phenoxy) is 2. The van der Waals surface area contributed by atoms with E-state index in [0.29, 0.717) is 6.42 Å². The molecule has 0 aromatic rings. The molecule has 8 nitrogen and oxygen atoms in total. The fourth-order valence-electron chi connectivity index (χ4n) is 1.88. The van der Waals surface area contributed by atoms with Gasteiger partial charge in [-0.05, 0) is 33.6 Å². The summed E-state index contributed by atoms with van der Waals surface area (Å²) in [5.74, 6) is -1.56. The van der Waals surface area contributed by atoms with Gasteiger partial charge in [0.1, 0.15) is 11.6 Å². The van der Waals surface area contributed by atoms with Crippen LogP contribution in [-0.4, -0.2) is 54.0 Å². The van der Waals surface area contributed by atoms with Gasteiger partial charge in [-0.2, -0.15) is 0 Å². The van der Waals surface area contributed by atoms with Gasteiger partial charge in [-0.3, -0.25) is 4.79 Å². The summed E-state index contributed by atoms with van der Waals surface area (Å²) >= 11 is 0. The van der Waals surface area contributed by atoms with Gasteiger partial charge in [-0.15, -0.1) is 0 Å². The molecule has 0 rings (SSSR count). The largest absolute Gasteiger partial charge is 0.467 e. The molecule has 0 aliphatic rings. The summed E-state index contributed by atoms with van der Waals surface area (Å²) in [7, 11) is 1.16. The first kappa shape index (κ1) is 22.2. The first-order valence-electron chi connectivity index (χ1n) is 7.98. The van der Waals surface area contributed by atoms with E-state index in [4.69, 9.17) is 4.74 Å². The molecule has 3 N–H and O–H groups in total. The second-order valence-electron chi connectivity index (χ2n) is 6.76. The number of rotatable bonds is 7. The Morgan fingerprint density at radius 2 is 1.62 bits per heavy atom. The predicted octanol–water partition coefficient (Wildman–Crippen LogP) is 0.964. The Morgan fingerprint density at radius 3 is 2.00 bits per heavy atom. The third kappa shape index (κ3) is 7.63. The molecule has 0 unspecified atom stereocenters. The molecule has 0 aliphatic carbocycles. The number of hydrogen-bond donors (Lipinski definition) is 3. The number of carbonyl (C=O) groups is 3. The number of hydrogen-bond acceptors (Lipinski definition) is 6. The lowest BCUT2D eigenvalue weighted by atomic mass is 9.98. The molecule has 0 spiro atoms. The van der Waals surface area contributed by atoms with E-state index in [-0.39, 0.29) is 5.92 Å². The van der Waals surface area contributed by atoms with Gasteiger partial charge in [-0.25, -0.2) is 9.59 Å². The van der Waals surface area contributed by atoms with Crippen molar-refractivity contribution < 1.29 is 29.0 Å². The van der Waals surface area contributed by atoms with Gasteiger partial charge in [0.05, 0.1) is 13.2 Å². The van der Waals surface area contributed by atoms with E-state index in [1.165, 1.54) is 6.92 Å². The summed E-state index contributed by atoms with van der Waals surface area (Å²) in [6.45, 7) is 10.2. The molecular formula is C16H30N2O6. The van der Waals surface area contributed by atoms with Crippen molar-refractivity contribution in [2.75, 3.05) is 7.11 Å². The van der Waals surface area contributed by atoms with Crippen LogP contribution in [0.1, 0.15) is 48.0 Å². The van der Waals surface area contributed by atoms with Crippen LogP contribution < -0.4 is 10.6 Å². The van der Waals surface area contributed by atoms with Gasteiger partial charge in [0.15, 0.2) is 6.04 Å². The van der Waals surface area contributed by atoms with Crippen molar-refractivity contribution in [2.45, 2.75) is 71.8 Å². The molecule has 0 fully saturated rings. The quantitative estimate of drug-likeness (QED) is 0.592. The zero-order valence-electron chi connectivity index (χ0n) is 15.5. The number of methoxy groups -OCH3 is 1. The summed E-state index contributed by atoms with van der Waals surface area (Å²) in [4.78, 5) is 36.1. The number of nitrogens with one attached hydrogen (secondary N) is 2. The Balaban J connectivity index is 5.13. The highest BCUT2D eigenvalue weighted by Gasteiger charge is 2.33. The monoisotopic (exact) mass is 346 g/mol. The summed E-state index contributed by atoms with van der Waals surface area (Å²) < 4.78 is 9.73. The molecule has 0 heterocycles. The lowest BCUT2D eigenvalue weighted by molar-refractivity contribution is -0.148. The van der Waals surface area contributed by atoms with Crippen LogP contribution in [-0.2, 0) is 19.1 Å². The number of aliphatic hydroxyl groups excluding tert-OH is 1. The Bertz CT molecular complexity index is 444. The van der Waals surface area contributed by atoms with E-state index in [1.807, 2.05) is 6.92 Å². The highest BCUT2D eigenvalue weighted by Crippen LogP contribution is 2.12. The van der Waals surface area contributed by atoms with Gasteiger partial charge in [0, 0.05) is 0 Å². The van der Waals surface area contributed by atoms with Crippen LogP contribution >= 0.6 is 0 Å². The van der Waals surface area contributed by atoms with Crippen molar-refractivity contribution in [3.8, 4) is 0 Å². The number of alkyl carbamates (subject to hydrolysis) is 1. The van der Waals surface area contributed by atoms with Gasteiger partial charge in [-0.1, -0.05) is 20.3 Å². The number of esters is 1. The van der Waals surface area contributed by atoms with Gasteiger partial charge in [0.2, 0.25) is 5.91 Å². The van der Waals surface area contributed by atoms with Gasteiger partial charge < -0.3 is 25.2 Å². The van der Waals surface area contributed by atoms with E-state index >= 15 is 0 Å². The maximum Gasteiger partial charge on any atom is 0.408 e. The first-order valence-corrected chi connectivity index (χ1v) is 7.98.